The van der Waals surface area contributed by atoms with Gasteiger partial charge in [0.05, 0.1) is 35.2 Å². The zero-order valence-electron chi connectivity index (χ0n) is 24.3. The van der Waals surface area contributed by atoms with Gasteiger partial charge in [-0.1, -0.05) is 0 Å². The Hall–Kier alpha value is -3.84. The number of alkyl halides is 3. The van der Waals surface area contributed by atoms with Gasteiger partial charge in [0, 0.05) is 61.8 Å². The van der Waals surface area contributed by atoms with Crippen molar-refractivity contribution in [2.45, 2.75) is 45.1 Å². The average molecular weight is 605 g/mol. The number of morpholine rings is 1. The van der Waals surface area contributed by atoms with Crippen molar-refractivity contribution < 1.29 is 31.5 Å². The molecule has 3 aromatic rings. The van der Waals surface area contributed by atoms with Crippen molar-refractivity contribution in [3.05, 3.63) is 65.5 Å². The molecule has 0 saturated carbocycles. The number of anilines is 3. The van der Waals surface area contributed by atoms with Crippen LogP contribution in [0.25, 0.3) is 11.1 Å². The van der Waals surface area contributed by atoms with Gasteiger partial charge in [0.25, 0.3) is 5.91 Å². The summed E-state index contributed by atoms with van der Waals surface area (Å²) in [5, 5.41) is 2.56. The van der Waals surface area contributed by atoms with Crippen LogP contribution in [0.2, 0.25) is 0 Å². The Morgan fingerprint density at radius 2 is 1.65 bits per heavy atom. The normalized spacial score (nSPS) is 21.7. The number of rotatable bonds is 5. The van der Waals surface area contributed by atoms with E-state index in [4.69, 9.17) is 4.74 Å². The Morgan fingerprint density at radius 1 is 0.977 bits per heavy atom. The number of halogens is 5. The highest BCUT2D eigenvalue weighted by Gasteiger charge is 2.36. The van der Waals surface area contributed by atoms with Crippen molar-refractivity contribution in [3.8, 4) is 11.1 Å². The number of amides is 1. The molecule has 3 heterocycles. The van der Waals surface area contributed by atoms with Crippen molar-refractivity contribution in [1.29, 1.82) is 0 Å². The lowest BCUT2D eigenvalue weighted by Crippen LogP contribution is -2.55. The lowest BCUT2D eigenvalue weighted by atomic mass is 10.0. The number of carbonyl (C=O) groups excluding carboxylic acids is 1. The van der Waals surface area contributed by atoms with Crippen molar-refractivity contribution in [3.63, 3.8) is 0 Å². The molecule has 43 heavy (non-hydrogen) atoms. The van der Waals surface area contributed by atoms with E-state index in [0.29, 0.717) is 50.0 Å². The van der Waals surface area contributed by atoms with Crippen LogP contribution in [-0.2, 0) is 10.9 Å². The van der Waals surface area contributed by atoms with Crippen LogP contribution in [0.15, 0.2) is 42.7 Å². The van der Waals surface area contributed by atoms with E-state index in [1.807, 2.05) is 37.6 Å². The van der Waals surface area contributed by atoms with Crippen LogP contribution in [0.1, 0.15) is 36.7 Å². The predicted octanol–water partition coefficient (Wildman–Crippen LogP) is 5.45. The fourth-order valence-corrected chi connectivity index (χ4v) is 5.51. The molecular weight excluding hydrogens is 571 g/mol. The molecule has 2 aromatic carbocycles. The van der Waals surface area contributed by atoms with Gasteiger partial charge in [0.2, 0.25) is 5.95 Å². The minimum absolute atomic E-state index is 0.00663. The molecule has 230 valence electrons. The van der Waals surface area contributed by atoms with Crippen LogP contribution in [0.3, 0.4) is 0 Å². The van der Waals surface area contributed by atoms with Crippen LogP contribution in [0.5, 0.6) is 0 Å². The van der Waals surface area contributed by atoms with Gasteiger partial charge in [-0.25, -0.2) is 18.7 Å². The highest BCUT2D eigenvalue weighted by molar-refractivity contribution is 6.07. The predicted molar refractivity (Wildman–Crippen MR) is 153 cm³/mol. The summed E-state index contributed by atoms with van der Waals surface area (Å²) >= 11 is 0. The third-order valence-corrected chi connectivity index (χ3v) is 8.04. The fraction of sp³-hybridized carbons (Fsp3) is 0.433. The molecule has 0 aliphatic carbocycles. The third-order valence-electron chi connectivity index (χ3n) is 8.04. The van der Waals surface area contributed by atoms with Crippen molar-refractivity contribution in [2.24, 2.45) is 0 Å². The van der Waals surface area contributed by atoms with Crippen LogP contribution in [0.4, 0.5) is 39.3 Å². The van der Waals surface area contributed by atoms with Gasteiger partial charge in [-0.15, -0.1) is 0 Å². The second kappa shape index (κ2) is 12.0. The topological polar surface area (TPSA) is 73.8 Å². The minimum atomic E-state index is -4.97. The molecule has 1 aromatic heterocycles. The van der Waals surface area contributed by atoms with E-state index in [1.165, 1.54) is 24.5 Å². The molecule has 1 N–H and O–H groups in total. The number of likely N-dealkylation sites (N-methyl/N-ethyl adjacent to an activating group) is 1. The van der Waals surface area contributed by atoms with Gasteiger partial charge in [-0.3, -0.25) is 9.69 Å². The Kier molecular flexibility index (Phi) is 8.57. The maximum Gasteiger partial charge on any atom is 0.417 e. The maximum atomic E-state index is 15.8. The zero-order valence-corrected chi connectivity index (χ0v) is 24.3. The first kappa shape index (κ1) is 30.6. The van der Waals surface area contributed by atoms with Crippen LogP contribution >= 0.6 is 0 Å². The Morgan fingerprint density at radius 3 is 2.28 bits per heavy atom. The van der Waals surface area contributed by atoms with E-state index >= 15 is 4.39 Å². The SMILES string of the molecule is C[C@@H]1CN(c2ncc(-c3cc(NC(=O)c4ccc(F)cc4C(F)(F)F)c(N4C[C@@H](C)N(C)[C@@H](C)C4)cc3F)cn2)CCO1. The first-order valence-corrected chi connectivity index (χ1v) is 14.0. The summed E-state index contributed by atoms with van der Waals surface area (Å²) in [6.45, 7) is 8.67. The molecule has 0 bridgehead atoms. The number of aromatic nitrogens is 2. The fourth-order valence-electron chi connectivity index (χ4n) is 5.51. The lowest BCUT2D eigenvalue weighted by molar-refractivity contribution is -0.138. The molecule has 8 nitrogen and oxygen atoms in total. The molecule has 2 fully saturated rings. The van der Waals surface area contributed by atoms with Gasteiger partial charge >= 0.3 is 6.18 Å². The van der Waals surface area contributed by atoms with E-state index in [9.17, 15) is 22.4 Å². The monoisotopic (exact) mass is 604 g/mol. The molecule has 2 aliphatic rings. The third kappa shape index (κ3) is 6.57. The van der Waals surface area contributed by atoms with E-state index < -0.39 is 34.8 Å². The summed E-state index contributed by atoms with van der Waals surface area (Å²) in [5.74, 6) is -2.37. The molecule has 0 unspecified atom stereocenters. The van der Waals surface area contributed by atoms with E-state index in [-0.39, 0.29) is 35.5 Å². The number of piperazine rings is 1. The summed E-state index contributed by atoms with van der Waals surface area (Å²) in [7, 11) is 1.98. The zero-order chi connectivity index (χ0) is 31.1. The highest BCUT2D eigenvalue weighted by atomic mass is 19.4. The molecule has 3 atom stereocenters. The standard InChI is InChI=1S/C30H33F5N6O2/c1-17-14-41(15-18(2)39(17)4)27-11-25(32)23(20-12-36-29(37-13-20)40-7-8-43-19(3)16-40)10-26(27)38-28(42)22-6-5-21(31)9-24(22)30(33,34)35/h5-6,9-13,17-19H,7-8,14-16H2,1-4H3,(H,38,42)/t17-,18+,19-/m1/s1. The quantitative estimate of drug-likeness (QED) is 0.389. The number of hydrogen-bond donors (Lipinski definition) is 1. The van der Waals surface area contributed by atoms with E-state index in [1.54, 1.807) is 0 Å². The number of benzene rings is 2. The summed E-state index contributed by atoms with van der Waals surface area (Å²) in [5.41, 5.74) is -1.35. The second-order valence-corrected chi connectivity index (χ2v) is 11.2. The largest absolute Gasteiger partial charge is 0.417 e. The van der Waals surface area contributed by atoms with Gasteiger partial charge in [0.15, 0.2) is 0 Å². The smallest absolute Gasteiger partial charge is 0.375 e. The van der Waals surface area contributed by atoms with Crippen molar-refractivity contribution in [2.75, 3.05) is 55.0 Å². The van der Waals surface area contributed by atoms with Crippen LogP contribution in [-0.4, -0.2) is 78.8 Å². The van der Waals surface area contributed by atoms with E-state index in [2.05, 4.69) is 20.2 Å². The molecule has 2 saturated heterocycles. The molecule has 13 heteroatoms. The highest BCUT2D eigenvalue weighted by Crippen LogP contribution is 2.37. The molecule has 1 amide bonds. The van der Waals surface area contributed by atoms with Crippen molar-refractivity contribution in [1.82, 2.24) is 14.9 Å². The average Bonchev–Trinajstić information content (AvgIpc) is 2.96. The number of carbonyl (C=O) groups is 1. The summed E-state index contributed by atoms with van der Waals surface area (Å²) in [4.78, 5) is 28.1. The van der Waals surface area contributed by atoms with Gasteiger partial charge < -0.3 is 19.9 Å². The number of ether oxygens (including phenoxy) is 1. The van der Waals surface area contributed by atoms with Gasteiger partial charge in [-0.05, 0) is 58.2 Å². The molecule has 2 aliphatic heterocycles. The second-order valence-electron chi connectivity index (χ2n) is 11.2. The molecular formula is C30H33F5N6O2. The lowest BCUT2D eigenvalue weighted by Gasteiger charge is -2.44. The first-order valence-electron chi connectivity index (χ1n) is 14.0. The minimum Gasteiger partial charge on any atom is -0.375 e. The summed E-state index contributed by atoms with van der Waals surface area (Å²) in [6, 6.07) is 4.66. The summed E-state index contributed by atoms with van der Waals surface area (Å²) in [6.07, 6.45) is -2.03. The first-order chi connectivity index (χ1) is 20.3. The number of nitrogens with zero attached hydrogens (tertiary/aromatic N) is 5. The summed E-state index contributed by atoms with van der Waals surface area (Å²) < 4.78 is 76.2. The molecule has 0 spiro atoms. The Bertz CT molecular complexity index is 1470. The number of nitrogens with one attached hydrogen (secondary N) is 1. The van der Waals surface area contributed by atoms with Gasteiger partial charge in [0.1, 0.15) is 11.6 Å². The number of hydrogen-bond acceptors (Lipinski definition) is 7. The van der Waals surface area contributed by atoms with Gasteiger partial charge in [-0.2, -0.15) is 13.2 Å². The Balaban J connectivity index is 1.53. The molecule has 5 rings (SSSR count). The van der Waals surface area contributed by atoms with E-state index in [0.717, 1.165) is 12.1 Å². The van der Waals surface area contributed by atoms with Crippen LogP contribution in [0, 0.1) is 11.6 Å². The molecule has 0 radical (unpaired) electrons. The maximum absolute atomic E-state index is 15.8. The van der Waals surface area contributed by atoms with Crippen molar-refractivity contribution >= 4 is 23.2 Å². The van der Waals surface area contributed by atoms with Crippen LogP contribution < -0.4 is 15.1 Å². The Labute approximate surface area is 246 Å².